The molecule has 1 heterocycles. The first-order valence-corrected chi connectivity index (χ1v) is 17.4. The number of nitrogens with zero attached hydrogens (tertiary/aromatic N) is 1. The first-order valence-electron chi connectivity index (χ1n) is 17.4. The fraction of sp³-hybridized carbons (Fsp3) is 0.758. The minimum Gasteiger partial charge on any atom is -0.480 e. The van der Waals surface area contributed by atoms with Crippen LogP contribution >= 0.6 is 0 Å². The molecule has 10 N–H and O–H groups in total. The summed E-state index contributed by atoms with van der Waals surface area (Å²) in [6.45, 7) is 14.0. The van der Waals surface area contributed by atoms with Crippen LogP contribution in [0.1, 0.15) is 81.6 Å². The van der Waals surface area contributed by atoms with Crippen molar-refractivity contribution in [1.82, 2.24) is 36.8 Å². The molecule has 0 radical (unpaired) electrons. The molecule has 1 aliphatic rings. The number of amides is 7. The van der Waals surface area contributed by atoms with Crippen LogP contribution in [0.25, 0.3) is 0 Å². The zero-order valence-corrected chi connectivity index (χ0v) is 31.1. The highest BCUT2D eigenvalue weighted by Crippen LogP contribution is 2.21. The summed E-state index contributed by atoms with van der Waals surface area (Å²) in [5, 5.41) is 34.1. The molecule has 7 amide bonds. The molecule has 0 unspecified atom stereocenters. The Kier molecular flexibility index (Phi) is 18.0. The average Bonchev–Trinajstić information content (AvgIpc) is 3.55. The molecule has 0 aliphatic carbocycles. The molecule has 0 saturated carbocycles. The quantitative estimate of drug-likeness (QED) is 0.0683. The summed E-state index contributed by atoms with van der Waals surface area (Å²) < 4.78 is 0. The molecule has 0 aromatic heterocycles. The first-order chi connectivity index (χ1) is 23.6. The van der Waals surface area contributed by atoms with Crippen LogP contribution in [0.2, 0.25) is 0 Å². The number of rotatable bonds is 19. The molecular formula is C33H58N8O10. The second kappa shape index (κ2) is 20.5. The topological polar surface area (TPSA) is 278 Å². The van der Waals surface area contributed by atoms with Crippen molar-refractivity contribution in [3.63, 3.8) is 0 Å². The summed E-state index contributed by atoms with van der Waals surface area (Å²) in [4.78, 5) is 103. The van der Waals surface area contributed by atoms with Gasteiger partial charge in [-0.1, -0.05) is 48.0 Å². The van der Waals surface area contributed by atoms with Crippen molar-refractivity contribution >= 4 is 47.3 Å². The predicted molar refractivity (Wildman–Crippen MR) is 185 cm³/mol. The fourth-order valence-electron chi connectivity index (χ4n) is 5.22. The summed E-state index contributed by atoms with van der Waals surface area (Å²) in [6.07, 6.45) is -0.0556. The number of carboxylic acid groups (broad SMARTS) is 1. The Hall–Kier alpha value is -4.32. The van der Waals surface area contributed by atoms with Crippen LogP contribution < -0.4 is 37.6 Å². The summed E-state index contributed by atoms with van der Waals surface area (Å²) in [7, 11) is 0. The van der Waals surface area contributed by atoms with E-state index >= 15 is 0 Å². The van der Waals surface area contributed by atoms with Crippen molar-refractivity contribution in [3.8, 4) is 0 Å². The number of carbonyl (C=O) groups is 8. The van der Waals surface area contributed by atoms with Crippen LogP contribution in [0.5, 0.6) is 0 Å². The van der Waals surface area contributed by atoms with Crippen molar-refractivity contribution in [3.05, 3.63) is 0 Å². The number of nitrogens with two attached hydrogens (primary N) is 1. The SMILES string of the molecule is CC[C@H](C)[C@H](N)C(=O)N[C@@H](C)C(=O)N[C@H](C(=O)N1CCC[C@H]1C(=O)N[C@H](C(=O)NCC(=O)N[C@H](C(=O)N[C@@H](C)C(=O)O)C(C)C)[C@@H](C)O)C(C)C. The number of hydrogen-bond acceptors (Lipinski definition) is 10. The number of hydrogen-bond donors (Lipinski definition) is 9. The van der Waals surface area contributed by atoms with E-state index in [2.05, 4.69) is 31.9 Å². The molecule has 0 spiro atoms. The highest BCUT2D eigenvalue weighted by Gasteiger charge is 2.41. The number of aliphatic carboxylic acids is 1. The van der Waals surface area contributed by atoms with Gasteiger partial charge in [-0.3, -0.25) is 38.4 Å². The second-order valence-electron chi connectivity index (χ2n) is 13.9. The van der Waals surface area contributed by atoms with E-state index in [-0.39, 0.29) is 18.9 Å². The Morgan fingerprint density at radius 3 is 1.80 bits per heavy atom. The van der Waals surface area contributed by atoms with Crippen LogP contribution in [0.3, 0.4) is 0 Å². The second-order valence-corrected chi connectivity index (χ2v) is 13.9. The van der Waals surface area contributed by atoms with Gasteiger partial charge in [0.05, 0.1) is 18.7 Å². The molecule has 290 valence electrons. The van der Waals surface area contributed by atoms with E-state index in [0.29, 0.717) is 12.8 Å². The largest absolute Gasteiger partial charge is 0.480 e. The van der Waals surface area contributed by atoms with Crippen molar-refractivity contribution in [2.45, 2.75) is 130 Å². The number of nitrogens with one attached hydrogen (secondary N) is 6. The highest BCUT2D eigenvalue weighted by molar-refractivity contribution is 5.97. The third-order valence-corrected chi connectivity index (χ3v) is 8.86. The third-order valence-electron chi connectivity index (χ3n) is 8.86. The van der Waals surface area contributed by atoms with Crippen LogP contribution in [-0.2, 0) is 38.4 Å². The van der Waals surface area contributed by atoms with Gasteiger partial charge in [-0.2, -0.15) is 0 Å². The highest BCUT2D eigenvalue weighted by atomic mass is 16.4. The van der Waals surface area contributed by atoms with E-state index in [9.17, 15) is 43.5 Å². The minimum absolute atomic E-state index is 0.109. The Balaban J connectivity index is 2.93. The molecule has 51 heavy (non-hydrogen) atoms. The number of likely N-dealkylation sites (tertiary alicyclic amines) is 1. The molecule has 18 heteroatoms. The van der Waals surface area contributed by atoms with Crippen molar-refractivity contribution in [2.24, 2.45) is 23.5 Å². The van der Waals surface area contributed by atoms with E-state index in [1.165, 1.54) is 25.7 Å². The first kappa shape index (κ1) is 44.7. The van der Waals surface area contributed by atoms with Gasteiger partial charge in [0.15, 0.2) is 0 Å². The number of aliphatic hydroxyl groups is 1. The molecule has 1 saturated heterocycles. The monoisotopic (exact) mass is 726 g/mol. The fourth-order valence-corrected chi connectivity index (χ4v) is 5.22. The average molecular weight is 727 g/mol. The van der Waals surface area contributed by atoms with Gasteiger partial charge in [0.25, 0.3) is 0 Å². The van der Waals surface area contributed by atoms with Crippen LogP contribution in [0.4, 0.5) is 0 Å². The predicted octanol–water partition coefficient (Wildman–Crippen LogP) is -2.29. The van der Waals surface area contributed by atoms with Crippen LogP contribution in [0, 0.1) is 17.8 Å². The molecular weight excluding hydrogens is 668 g/mol. The lowest BCUT2D eigenvalue weighted by atomic mass is 9.99. The minimum atomic E-state index is -1.52. The summed E-state index contributed by atoms with van der Waals surface area (Å²) in [6, 6.07) is -7.72. The van der Waals surface area contributed by atoms with E-state index in [4.69, 9.17) is 10.8 Å². The summed E-state index contributed by atoms with van der Waals surface area (Å²) in [5.41, 5.74) is 5.97. The van der Waals surface area contributed by atoms with Gasteiger partial charge in [0.2, 0.25) is 41.4 Å². The lowest BCUT2D eigenvalue weighted by molar-refractivity contribution is -0.143. The smallest absolute Gasteiger partial charge is 0.325 e. The van der Waals surface area contributed by atoms with Gasteiger partial charge in [0.1, 0.15) is 36.3 Å². The Labute approximate surface area is 299 Å². The van der Waals surface area contributed by atoms with E-state index in [0.717, 1.165) is 0 Å². The normalized spacial score (nSPS) is 19.0. The standard InChI is InChI=1S/C33H58N8O10/c1-10-17(6)23(34)29(46)36-18(7)27(44)39-25(16(4)5)32(49)41-13-11-12-21(41)28(45)40-26(20(9)42)30(47)35-14-22(43)38-24(15(2)3)31(48)37-19(8)33(50)51/h15-21,23-26,42H,10-14,34H2,1-9H3,(H,35,47)(H,36,46)(H,37,48)(H,38,43)(H,39,44)(H,40,45)(H,50,51)/t17-,18-,19-,20+,21-,23-,24-,25-,26-/m0/s1. The zero-order valence-electron chi connectivity index (χ0n) is 31.1. The van der Waals surface area contributed by atoms with E-state index in [1.807, 2.05) is 13.8 Å². The van der Waals surface area contributed by atoms with Gasteiger partial charge < -0.3 is 52.7 Å². The maximum atomic E-state index is 13.7. The van der Waals surface area contributed by atoms with Gasteiger partial charge in [-0.25, -0.2) is 0 Å². The van der Waals surface area contributed by atoms with Crippen molar-refractivity contribution in [1.29, 1.82) is 0 Å². The molecule has 1 aliphatic heterocycles. The van der Waals surface area contributed by atoms with Crippen molar-refractivity contribution in [2.75, 3.05) is 13.1 Å². The number of aliphatic hydroxyl groups excluding tert-OH is 1. The van der Waals surface area contributed by atoms with Gasteiger partial charge >= 0.3 is 5.97 Å². The van der Waals surface area contributed by atoms with Crippen molar-refractivity contribution < 1.29 is 48.6 Å². The molecule has 9 atom stereocenters. The maximum absolute atomic E-state index is 13.7. The third kappa shape index (κ3) is 13.4. The lowest BCUT2D eigenvalue weighted by Gasteiger charge is -2.32. The zero-order chi connectivity index (χ0) is 39.3. The molecule has 1 fully saturated rings. The number of carboxylic acids is 1. The number of carbonyl (C=O) groups excluding carboxylic acids is 7. The van der Waals surface area contributed by atoms with Crippen LogP contribution in [0.15, 0.2) is 0 Å². The Bertz CT molecular complexity index is 1280. The molecule has 18 nitrogen and oxygen atoms in total. The molecule has 0 aromatic carbocycles. The lowest BCUT2D eigenvalue weighted by Crippen LogP contribution is -2.60. The summed E-state index contributed by atoms with van der Waals surface area (Å²) >= 11 is 0. The van der Waals surface area contributed by atoms with E-state index < -0.39 is 114 Å². The van der Waals surface area contributed by atoms with Gasteiger partial charge in [0, 0.05) is 6.54 Å². The Morgan fingerprint density at radius 1 is 0.725 bits per heavy atom. The van der Waals surface area contributed by atoms with Crippen LogP contribution in [-0.4, -0.2) is 124 Å². The summed E-state index contributed by atoms with van der Waals surface area (Å²) in [5.74, 6) is -7.01. The molecule has 1 rings (SSSR count). The van der Waals surface area contributed by atoms with Gasteiger partial charge in [-0.05, 0) is 51.4 Å². The Morgan fingerprint density at radius 2 is 1.29 bits per heavy atom. The van der Waals surface area contributed by atoms with E-state index in [1.54, 1.807) is 27.7 Å². The molecule has 0 bridgehead atoms. The maximum Gasteiger partial charge on any atom is 0.325 e. The van der Waals surface area contributed by atoms with Gasteiger partial charge in [-0.15, -0.1) is 0 Å². The molecule has 0 aromatic rings.